The number of hydrogen-bond acceptors (Lipinski definition) is 2. The number of unbranched alkanes of at least 4 members (excludes halogenated alkanes) is 11. The molecule has 1 aromatic rings. The summed E-state index contributed by atoms with van der Waals surface area (Å²) in [6.45, 7) is 3.83. The van der Waals surface area contributed by atoms with Crippen LogP contribution in [0, 0.1) is 0 Å². The summed E-state index contributed by atoms with van der Waals surface area (Å²) in [6.07, 6.45) is 23.9. The van der Waals surface area contributed by atoms with Crippen LogP contribution in [-0.2, 0) is 11.2 Å². The molecular formula is C26H42O2. The molecule has 28 heavy (non-hydrogen) atoms. The largest absolute Gasteiger partial charge is 0.491 e. The molecule has 0 spiro atoms. The van der Waals surface area contributed by atoms with Crippen molar-refractivity contribution in [1.82, 2.24) is 0 Å². The molecule has 1 aromatic carbocycles. The van der Waals surface area contributed by atoms with Crippen LogP contribution < -0.4 is 4.74 Å². The Hall–Kier alpha value is -1.28. The summed E-state index contributed by atoms with van der Waals surface area (Å²) in [7, 11) is 0. The number of ether oxygens (including phenoxy) is 2. The van der Waals surface area contributed by atoms with Crippen LogP contribution in [0.3, 0.4) is 0 Å². The monoisotopic (exact) mass is 386 g/mol. The molecule has 1 aliphatic heterocycles. The first-order valence-electron chi connectivity index (χ1n) is 11.9. The van der Waals surface area contributed by atoms with E-state index in [2.05, 4.69) is 37.3 Å². The Labute approximate surface area is 173 Å². The normalized spacial score (nSPS) is 16.0. The molecule has 0 amide bonds. The highest BCUT2D eigenvalue weighted by Gasteiger charge is 2.22. The standard InChI is InChI=1S/C26H42O2/c1-2-3-4-5-6-7-8-9-10-11-12-13-14-15-16-18-24-19-17-20-25(21-24)27-22-26-23-28-26/h9-10,17,19-21,26H,2-8,11-16,18,22-23H2,1H3/b10-9+. The van der Waals surface area contributed by atoms with Crippen LogP contribution in [0.5, 0.6) is 5.75 Å². The lowest BCUT2D eigenvalue weighted by Crippen LogP contribution is -2.04. The van der Waals surface area contributed by atoms with Gasteiger partial charge in [-0.1, -0.05) is 82.6 Å². The molecule has 1 heterocycles. The maximum atomic E-state index is 5.77. The summed E-state index contributed by atoms with van der Waals surface area (Å²) in [5.74, 6) is 0.987. The number of allylic oxidation sites excluding steroid dienone is 2. The molecule has 1 atom stereocenters. The quantitative estimate of drug-likeness (QED) is 0.147. The molecule has 0 saturated carbocycles. The van der Waals surface area contributed by atoms with E-state index in [0.717, 1.165) is 18.8 Å². The first kappa shape index (κ1) is 23.0. The van der Waals surface area contributed by atoms with E-state index < -0.39 is 0 Å². The second-order valence-electron chi connectivity index (χ2n) is 8.25. The van der Waals surface area contributed by atoms with E-state index in [1.54, 1.807) is 0 Å². The van der Waals surface area contributed by atoms with Crippen molar-refractivity contribution in [3.63, 3.8) is 0 Å². The molecular weight excluding hydrogens is 344 g/mol. The van der Waals surface area contributed by atoms with E-state index in [1.807, 2.05) is 6.07 Å². The lowest BCUT2D eigenvalue weighted by atomic mass is 10.0. The van der Waals surface area contributed by atoms with Gasteiger partial charge in [-0.05, 0) is 56.2 Å². The Kier molecular flexibility index (Phi) is 12.8. The van der Waals surface area contributed by atoms with Gasteiger partial charge in [0.05, 0.1) is 6.61 Å². The highest BCUT2D eigenvalue weighted by molar-refractivity contribution is 5.28. The molecule has 0 aliphatic carbocycles. The summed E-state index contributed by atoms with van der Waals surface area (Å²) in [5.41, 5.74) is 1.40. The molecule has 158 valence electrons. The van der Waals surface area contributed by atoms with E-state index in [0.29, 0.717) is 12.7 Å². The van der Waals surface area contributed by atoms with Gasteiger partial charge in [0.15, 0.2) is 0 Å². The van der Waals surface area contributed by atoms with E-state index in [1.165, 1.54) is 89.0 Å². The van der Waals surface area contributed by atoms with Crippen LogP contribution in [0.1, 0.15) is 96.0 Å². The highest BCUT2D eigenvalue weighted by atomic mass is 16.6. The average Bonchev–Trinajstić information content (AvgIpc) is 3.54. The predicted molar refractivity (Wildman–Crippen MR) is 120 cm³/mol. The van der Waals surface area contributed by atoms with Crippen LogP contribution in [0.2, 0.25) is 0 Å². The zero-order valence-corrected chi connectivity index (χ0v) is 18.2. The number of hydrogen-bond donors (Lipinski definition) is 0. The van der Waals surface area contributed by atoms with Crippen LogP contribution in [0.15, 0.2) is 36.4 Å². The van der Waals surface area contributed by atoms with Crippen molar-refractivity contribution in [1.29, 1.82) is 0 Å². The smallest absolute Gasteiger partial charge is 0.119 e. The van der Waals surface area contributed by atoms with Crippen LogP contribution in [-0.4, -0.2) is 19.3 Å². The van der Waals surface area contributed by atoms with Crippen LogP contribution in [0.25, 0.3) is 0 Å². The minimum atomic E-state index is 0.328. The molecule has 2 rings (SSSR count). The van der Waals surface area contributed by atoms with Crippen molar-refractivity contribution in [2.45, 2.75) is 103 Å². The van der Waals surface area contributed by atoms with E-state index in [9.17, 15) is 0 Å². The maximum Gasteiger partial charge on any atom is 0.119 e. The highest BCUT2D eigenvalue weighted by Crippen LogP contribution is 2.18. The molecule has 1 fully saturated rings. The molecule has 2 nitrogen and oxygen atoms in total. The van der Waals surface area contributed by atoms with Crippen molar-refractivity contribution >= 4 is 0 Å². The molecule has 1 saturated heterocycles. The summed E-state index contributed by atoms with van der Waals surface area (Å²) >= 11 is 0. The Morgan fingerprint density at radius 1 is 0.893 bits per heavy atom. The van der Waals surface area contributed by atoms with Gasteiger partial charge in [0.1, 0.15) is 18.5 Å². The molecule has 0 N–H and O–H groups in total. The van der Waals surface area contributed by atoms with Gasteiger partial charge in [-0.2, -0.15) is 0 Å². The topological polar surface area (TPSA) is 21.8 Å². The average molecular weight is 387 g/mol. The summed E-state index contributed by atoms with van der Waals surface area (Å²) < 4.78 is 11.0. The maximum absolute atomic E-state index is 5.77. The van der Waals surface area contributed by atoms with Gasteiger partial charge in [0.2, 0.25) is 0 Å². The Morgan fingerprint density at radius 2 is 1.54 bits per heavy atom. The van der Waals surface area contributed by atoms with Gasteiger partial charge >= 0.3 is 0 Å². The fraction of sp³-hybridized carbons (Fsp3) is 0.692. The Balaban J connectivity index is 1.37. The Morgan fingerprint density at radius 3 is 2.21 bits per heavy atom. The fourth-order valence-corrected chi connectivity index (χ4v) is 3.54. The van der Waals surface area contributed by atoms with Gasteiger partial charge in [0, 0.05) is 0 Å². The second-order valence-corrected chi connectivity index (χ2v) is 8.25. The van der Waals surface area contributed by atoms with Crippen molar-refractivity contribution in [2.75, 3.05) is 13.2 Å². The minimum absolute atomic E-state index is 0.328. The van der Waals surface area contributed by atoms with Gasteiger partial charge in [-0.25, -0.2) is 0 Å². The van der Waals surface area contributed by atoms with Gasteiger partial charge < -0.3 is 9.47 Å². The predicted octanol–water partition coefficient (Wildman–Crippen LogP) is 7.65. The van der Waals surface area contributed by atoms with Gasteiger partial charge in [-0.3, -0.25) is 0 Å². The fourth-order valence-electron chi connectivity index (χ4n) is 3.54. The minimum Gasteiger partial charge on any atom is -0.491 e. The van der Waals surface area contributed by atoms with Crippen LogP contribution >= 0.6 is 0 Å². The molecule has 0 aromatic heterocycles. The van der Waals surface area contributed by atoms with Gasteiger partial charge in [-0.15, -0.1) is 0 Å². The Bertz CT molecular complexity index is 519. The van der Waals surface area contributed by atoms with Crippen molar-refractivity contribution in [3.8, 4) is 5.75 Å². The number of rotatable bonds is 18. The molecule has 1 unspecified atom stereocenters. The van der Waals surface area contributed by atoms with Gasteiger partial charge in [0.25, 0.3) is 0 Å². The molecule has 0 radical (unpaired) electrons. The SMILES string of the molecule is CCCCCCCC/C=C/CCCCCCCc1cccc(OCC2CO2)c1. The zero-order chi connectivity index (χ0) is 19.7. The summed E-state index contributed by atoms with van der Waals surface area (Å²) in [6, 6.07) is 8.56. The lowest BCUT2D eigenvalue weighted by molar-refractivity contribution is 0.263. The van der Waals surface area contributed by atoms with E-state index >= 15 is 0 Å². The third-order valence-electron chi connectivity index (χ3n) is 5.46. The third-order valence-corrected chi connectivity index (χ3v) is 5.46. The lowest BCUT2D eigenvalue weighted by Gasteiger charge is -2.07. The number of epoxide rings is 1. The van der Waals surface area contributed by atoms with Crippen LogP contribution in [0.4, 0.5) is 0 Å². The third kappa shape index (κ3) is 12.2. The zero-order valence-electron chi connectivity index (χ0n) is 18.2. The molecule has 0 bridgehead atoms. The molecule has 2 heteroatoms. The van der Waals surface area contributed by atoms with Crippen molar-refractivity contribution in [2.24, 2.45) is 0 Å². The van der Waals surface area contributed by atoms with E-state index in [4.69, 9.17) is 9.47 Å². The second kappa shape index (κ2) is 15.6. The van der Waals surface area contributed by atoms with Crippen molar-refractivity contribution < 1.29 is 9.47 Å². The first-order valence-corrected chi connectivity index (χ1v) is 11.9. The number of benzene rings is 1. The summed E-state index contributed by atoms with van der Waals surface area (Å²) in [4.78, 5) is 0. The molecule has 1 aliphatic rings. The van der Waals surface area contributed by atoms with E-state index in [-0.39, 0.29) is 0 Å². The van der Waals surface area contributed by atoms with Crippen molar-refractivity contribution in [3.05, 3.63) is 42.0 Å². The first-order chi connectivity index (χ1) is 13.9. The number of aryl methyl sites for hydroxylation is 1. The summed E-state index contributed by atoms with van der Waals surface area (Å²) in [5, 5.41) is 0.